The molecule has 2 fully saturated rings. The minimum Gasteiger partial charge on any atom is -0.0653 e. The number of rotatable bonds is 3. The molecule has 0 nitrogen and oxygen atoms in total. The molecule has 0 aromatic heterocycles. The number of hydrogen-bond acceptors (Lipinski definition) is 0. The Morgan fingerprint density at radius 3 is 1.43 bits per heavy atom. The van der Waals surface area contributed by atoms with Gasteiger partial charge in [0.2, 0.25) is 0 Å². The Hall–Kier alpha value is 0.217. The molecule has 0 aliphatic heterocycles. The SMILES string of the molecule is CC(C)[Si](C1CCCC1)C1CCCC1. The van der Waals surface area contributed by atoms with Crippen LogP contribution in [0.3, 0.4) is 0 Å². The largest absolute Gasteiger partial charge is 0.0653 e. The van der Waals surface area contributed by atoms with E-state index in [1.54, 1.807) is 25.7 Å². The van der Waals surface area contributed by atoms with Crippen LogP contribution in [0.2, 0.25) is 16.6 Å². The summed E-state index contributed by atoms with van der Waals surface area (Å²) < 4.78 is 0. The van der Waals surface area contributed by atoms with E-state index in [9.17, 15) is 0 Å². The second-order valence-electron chi connectivity index (χ2n) is 5.62. The van der Waals surface area contributed by atoms with Gasteiger partial charge in [-0.2, -0.15) is 0 Å². The van der Waals surface area contributed by atoms with E-state index in [1.165, 1.54) is 36.8 Å². The summed E-state index contributed by atoms with van der Waals surface area (Å²) in [4.78, 5) is 0. The lowest BCUT2D eigenvalue weighted by atomic mass is 10.3. The normalized spacial score (nSPS) is 25.7. The molecule has 0 amide bonds. The van der Waals surface area contributed by atoms with Crippen LogP contribution in [0.5, 0.6) is 0 Å². The van der Waals surface area contributed by atoms with Crippen molar-refractivity contribution in [2.75, 3.05) is 0 Å². The van der Waals surface area contributed by atoms with Gasteiger partial charge in [-0.3, -0.25) is 0 Å². The molecule has 1 heteroatoms. The molecule has 0 heterocycles. The first kappa shape index (κ1) is 10.7. The fraction of sp³-hybridized carbons (Fsp3) is 1.00. The third kappa shape index (κ3) is 2.24. The zero-order chi connectivity index (χ0) is 9.97. The number of hydrogen-bond donors (Lipinski definition) is 0. The van der Waals surface area contributed by atoms with Crippen LogP contribution in [0.25, 0.3) is 0 Å². The molecule has 2 rings (SSSR count). The molecular formula is C13H25Si. The molecule has 0 N–H and O–H groups in total. The molecule has 0 bridgehead atoms. The van der Waals surface area contributed by atoms with Crippen LogP contribution in [-0.2, 0) is 0 Å². The molecule has 81 valence electrons. The van der Waals surface area contributed by atoms with Crippen molar-refractivity contribution in [2.24, 2.45) is 0 Å². The maximum atomic E-state index is 2.50. The van der Waals surface area contributed by atoms with Crippen LogP contribution in [0.4, 0.5) is 0 Å². The van der Waals surface area contributed by atoms with Crippen molar-refractivity contribution in [1.82, 2.24) is 0 Å². The van der Waals surface area contributed by atoms with Gasteiger partial charge < -0.3 is 0 Å². The van der Waals surface area contributed by atoms with Gasteiger partial charge in [0.15, 0.2) is 0 Å². The van der Waals surface area contributed by atoms with Crippen LogP contribution in [0.1, 0.15) is 65.2 Å². The van der Waals surface area contributed by atoms with Crippen molar-refractivity contribution in [2.45, 2.75) is 81.8 Å². The highest BCUT2D eigenvalue weighted by Gasteiger charge is 2.36. The molecule has 0 atom stereocenters. The zero-order valence-corrected chi connectivity index (χ0v) is 10.9. The van der Waals surface area contributed by atoms with Gasteiger partial charge in [0.05, 0.1) is 8.80 Å². The van der Waals surface area contributed by atoms with Gasteiger partial charge in [0, 0.05) is 0 Å². The Balaban J connectivity index is 1.98. The van der Waals surface area contributed by atoms with E-state index in [4.69, 9.17) is 0 Å². The Morgan fingerprint density at radius 2 is 1.14 bits per heavy atom. The van der Waals surface area contributed by atoms with Crippen molar-refractivity contribution in [3.05, 3.63) is 0 Å². The van der Waals surface area contributed by atoms with Crippen LogP contribution < -0.4 is 0 Å². The fourth-order valence-electron chi connectivity index (χ4n) is 3.79. The summed E-state index contributed by atoms with van der Waals surface area (Å²) in [6.45, 7) is 5.01. The lowest BCUT2D eigenvalue weighted by molar-refractivity contribution is 0.740. The van der Waals surface area contributed by atoms with E-state index >= 15 is 0 Å². The van der Waals surface area contributed by atoms with E-state index < -0.39 is 0 Å². The first-order valence-corrected chi connectivity index (χ1v) is 8.39. The summed E-state index contributed by atoms with van der Waals surface area (Å²) >= 11 is 0. The van der Waals surface area contributed by atoms with E-state index in [2.05, 4.69) is 13.8 Å². The lowest BCUT2D eigenvalue weighted by Gasteiger charge is -2.30. The second-order valence-corrected chi connectivity index (χ2v) is 9.41. The van der Waals surface area contributed by atoms with E-state index in [-0.39, 0.29) is 8.80 Å². The van der Waals surface area contributed by atoms with Crippen LogP contribution in [0, 0.1) is 0 Å². The van der Waals surface area contributed by atoms with Crippen LogP contribution in [-0.4, -0.2) is 8.80 Å². The smallest absolute Gasteiger partial charge is 0.0573 e. The van der Waals surface area contributed by atoms with Crippen LogP contribution >= 0.6 is 0 Å². The van der Waals surface area contributed by atoms with Crippen molar-refractivity contribution < 1.29 is 0 Å². The average Bonchev–Trinajstić information content (AvgIpc) is 2.75. The summed E-state index contributed by atoms with van der Waals surface area (Å²) in [5.74, 6) is 0. The second kappa shape index (κ2) is 4.83. The van der Waals surface area contributed by atoms with Gasteiger partial charge in [-0.25, -0.2) is 0 Å². The molecule has 0 unspecified atom stereocenters. The highest BCUT2D eigenvalue weighted by atomic mass is 28.3. The van der Waals surface area contributed by atoms with Crippen molar-refractivity contribution in [3.8, 4) is 0 Å². The molecule has 0 spiro atoms. The van der Waals surface area contributed by atoms with Gasteiger partial charge in [-0.05, 0) is 11.1 Å². The maximum Gasteiger partial charge on any atom is 0.0573 e. The molecule has 0 aromatic rings. The quantitative estimate of drug-likeness (QED) is 0.587. The predicted octanol–water partition coefficient (Wildman–Crippen LogP) is 4.78. The Kier molecular flexibility index (Phi) is 3.70. The van der Waals surface area contributed by atoms with Crippen molar-refractivity contribution in [1.29, 1.82) is 0 Å². The molecular weight excluding hydrogens is 184 g/mol. The Labute approximate surface area is 91.1 Å². The van der Waals surface area contributed by atoms with Gasteiger partial charge in [-0.1, -0.05) is 70.8 Å². The predicted molar refractivity (Wildman–Crippen MR) is 65.3 cm³/mol. The monoisotopic (exact) mass is 209 g/mol. The molecule has 2 aliphatic rings. The third-order valence-corrected chi connectivity index (χ3v) is 8.69. The molecule has 1 radical (unpaired) electrons. The minimum atomic E-state index is -0.0170. The Morgan fingerprint density at radius 1 is 0.786 bits per heavy atom. The van der Waals surface area contributed by atoms with Crippen LogP contribution in [0.15, 0.2) is 0 Å². The summed E-state index contributed by atoms with van der Waals surface area (Å²) in [7, 11) is -0.0170. The average molecular weight is 209 g/mol. The molecule has 2 saturated carbocycles. The maximum absolute atomic E-state index is 2.50. The first-order chi connectivity index (χ1) is 6.79. The summed E-state index contributed by atoms with van der Waals surface area (Å²) in [6.07, 6.45) is 12.5. The van der Waals surface area contributed by atoms with Gasteiger partial charge in [0.1, 0.15) is 0 Å². The molecule has 2 aliphatic carbocycles. The Bertz CT molecular complexity index is 148. The van der Waals surface area contributed by atoms with Crippen molar-refractivity contribution >= 4 is 8.80 Å². The van der Waals surface area contributed by atoms with Gasteiger partial charge in [0.25, 0.3) is 0 Å². The van der Waals surface area contributed by atoms with Gasteiger partial charge in [-0.15, -0.1) is 0 Å². The van der Waals surface area contributed by atoms with E-state index in [0.29, 0.717) is 0 Å². The van der Waals surface area contributed by atoms with Gasteiger partial charge >= 0.3 is 0 Å². The minimum absolute atomic E-state index is 0.0170. The molecule has 14 heavy (non-hydrogen) atoms. The third-order valence-electron chi connectivity index (χ3n) is 4.32. The highest BCUT2D eigenvalue weighted by molar-refractivity contribution is 6.63. The fourth-order valence-corrected chi connectivity index (χ4v) is 8.50. The van der Waals surface area contributed by atoms with E-state index in [1.807, 2.05) is 0 Å². The zero-order valence-electron chi connectivity index (χ0n) is 9.89. The topological polar surface area (TPSA) is 0 Å². The highest BCUT2D eigenvalue weighted by Crippen LogP contribution is 2.46. The molecule has 0 aromatic carbocycles. The lowest BCUT2D eigenvalue weighted by Crippen LogP contribution is -2.27. The van der Waals surface area contributed by atoms with Crippen molar-refractivity contribution in [3.63, 3.8) is 0 Å². The molecule has 0 saturated heterocycles. The summed E-state index contributed by atoms with van der Waals surface area (Å²) in [5.41, 5.74) is 3.43. The standard InChI is InChI=1S/C13H25Si/c1-11(2)14(12-7-3-4-8-12)13-9-5-6-10-13/h11-13H,3-10H2,1-2H3. The van der Waals surface area contributed by atoms with E-state index in [0.717, 1.165) is 5.54 Å². The first-order valence-electron chi connectivity index (χ1n) is 6.65. The summed E-state index contributed by atoms with van der Waals surface area (Å²) in [5, 5.41) is 0. The summed E-state index contributed by atoms with van der Waals surface area (Å²) in [6, 6.07) is 0.